The molecule has 4 atom stereocenters. The molecule has 0 radical (unpaired) electrons. The van der Waals surface area contributed by atoms with E-state index in [0.717, 1.165) is 11.9 Å². The lowest BCUT2D eigenvalue weighted by Crippen LogP contribution is -2.32. The summed E-state index contributed by atoms with van der Waals surface area (Å²) in [6.45, 7) is 0. The van der Waals surface area contributed by atoms with Crippen LogP contribution in [0.5, 0.6) is 0 Å². The number of nitrogens with zero attached hydrogens (tertiary/aromatic N) is 3. The molecule has 1 aromatic heterocycles. The number of benzene rings is 1. The Hall–Kier alpha value is -2.56. The van der Waals surface area contributed by atoms with E-state index < -0.39 is 0 Å². The second-order valence-electron chi connectivity index (χ2n) is 6.24. The number of fused-ring (bicyclic) bond motifs is 6. The molecule has 5 nitrogen and oxygen atoms in total. The van der Waals surface area contributed by atoms with Crippen molar-refractivity contribution in [3.05, 3.63) is 42.7 Å². The summed E-state index contributed by atoms with van der Waals surface area (Å²) in [5, 5.41) is 0. The van der Waals surface area contributed by atoms with Gasteiger partial charge >= 0.3 is 0 Å². The number of aromatic nitrogens is 2. The fraction of sp³-hybridized carbons (Fsp3) is 0.294. The summed E-state index contributed by atoms with van der Waals surface area (Å²) in [6, 6.07) is 5.36. The molecule has 2 aromatic rings. The largest absolute Gasteiger partial charge is 0.274 e. The van der Waals surface area contributed by atoms with Crippen molar-refractivity contribution in [2.24, 2.45) is 23.7 Å². The first-order valence-electron chi connectivity index (χ1n) is 7.51. The molecule has 1 saturated heterocycles. The van der Waals surface area contributed by atoms with Crippen molar-refractivity contribution in [2.45, 2.75) is 6.42 Å². The van der Waals surface area contributed by atoms with Gasteiger partial charge in [-0.15, -0.1) is 0 Å². The summed E-state index contributed by atoms with van der Waals surface area (Å²) in [5.74, 6) is 0.0127. The zero-order valence-electron chi connectivity index (χ0n) is 11.7. The Morgan fingerprint density at radius 1 is 0.909 bits per heavy atom. The molecular weight excluding hydrogens is 278 g/mol. The molecule has 2 bridgehead atoms. The molecule has 1 aromatic carbocycles. The van der Waals surface area contributed by atoms with E-state index >= 15 is 0 Å². The number of hydrogen-bond donors (Lipinski definition) is 0. The van der Waals surface area contributed by atoms with Gasteiger partial charge in [0.15, 0.2) is 0 Å². The molecule has 0 unspecified atom stereocenters. The van der Waals surface area contributed by atoms with Crippen LogP contribution in [0.25, 0.3) is 11.0 Å². The van der Waals surface area contributed by atoms with Gasteiger partial charge in [0.25, 0.3) is 0 Å². The molecule has 2 aliphatic carbocycles. The summed E-state index contributed by atoms with van der Waals surface area (Å²) in [7, 11) is 0. The van der Waals surface area contributed by atoms with E-state index in [1.54, 1.807) is 30.6 Å². The topological polar surface area (TPSA) is 63.2 Å². The summed E-state index contributed by atoms with van der Waals surface area (Å²) in [6.07, 6.45) is 8.39. The lowest BCUT2D eigenvalue weighted by Gasteiger charge is -2.17. The van der Waals surface area contributed by atoms with Crippen molar-refractivity contribution in [1.82, 2.24) is 9.97 Å². The van der Waals surface area contributed by atoms with Gasteiger partial charge in [-0.1, -0.05) is 12.2 Å². The molecule has 2 heterocycles. The third-order valence-corrected chi connectivity index (χ3v) is 5.18. The molecule has 1 saturated carbocycles. The quantitative estimate of drug-likeness (QED) is 0.595. The lowest BCUT2D eigenvalue weighted by atomic mass is 9.85. The molecule has 108 valence electrons. The molecule has 0 spiro atoms. The van der Waals surface area contributed by atoms with Crippen LogP contribution in [0.4, 0.5) is 5.69 Å². The molecular formula is C17H13N3O2. The highest BCUT2D eigenvalue weighted by atomic mass is 16.2. The molecule has 2 fully saturated rings. The monoisotopic (exact) mass is 291 g/mol. The minimum Gasteiger partial charge on any atom is -0.274 e. The van der Waals surface area contributed by atoms with Gasteiger partial charge in [-0.2, -0.15) is 0 Å². The van der Waals surface area contributed by atoms with Gasteiger partial charge in [0.1, 0.15) is 0 Å². The van der Waals surface area contributed by atoms with E-state index in [0.29, 0.717) is 11.2 Å². The number of rotatable bonds is 1. The van der Waals surface area contributed by atoms with E-state index in [2.05, 4.69) is 22.1 Å². The number of amides is 2. The molecule has 5 rings (SSSR count). The van der Waals surface area contributed by atoms with Gasteiger partial charge in [-0.25, -0.2) is 4.90 Å². The lowest BCUT2D eigenvalue weighted by molar-refractivity contribution is -0.123. The highest BCUT2D eigenvalue weighted by Gasteiger charge is 2.59. The van der Waals surface area contributed by atoms with Crippen LogP contribution in [-0.4, -0.2) is 21.8 Å². The molecule has 22 heavy (non-hydrogen) atoms. The maximum absolute atomic E-state index is 12.8. The van der Waals surface area contributed by atoms with Gasteiger partial charge in [-0.3, -0.25) is 19.6 Å². The Kier molecular flexibility index (Phi) is 2.19. The summed E-state index contributed by atoms with van der Waals surface area (Å²) in [5.41, 5.74) is 2.06. The Morgan fingerprint density at radius 3 is 2.23 bits per heavy atom. The predicted molar refractivity (Wildman–Crippen MR) is 79.7 cm³/mol. The van der Waals surface area contributed by atoms with Crippen molar-refractivity contribution < 1.29 is 9.59 Å². The van der Waals surface area contributed by atoms with E-state index in [1.165, 1.54) is 4.90 Å². The van der Waals surface area contributed by atoms with Crippen LogP contribution >= 0.6 is 0 Å². The van der Waals surface area contributed by atoms with Crippen molar-refractivity contribution >= 4 is 28.5 Å². The SMILES string of the molecule is O=C1[C@@H]2[C@@H](C(=O)N1c1ccc3nccnc3c1)[C@H]1C=C[C@H]2C1. The molecule has 3 aliphatic rings. The maximum atomic E-state index is 12.8. The van der Waals surface area contributed by atoms with Gasteiger partial charge in [0, 0.05) is 12.4 Å². The van der Waals surface area contributed by atoms with Gasteiger partial charge in [-0.05, 0) is 36.5 Å². The number of anilines is 1. The van der Waals surface area contributed by atoms with Crippen LogP contribution in [0, 0.1) is 23.7 Å². The van der Waals surface area contributed by atoms with Gasteiger partial charge in [0.2, 0.25) is 11.8 Å². The number of allylic oxidation sites excluding steroid dienone is 2. The Morgan fingerprint density at radius 2 is 1.55 bits per heavy atom. The molecule has 1 aliphatic heterocycles. The van der Waals surface area contributed by atoms with Crippen LogP contribution in [0.3, 0.4) is 0 Å². The number of hydrogen-bond acceptors (Lipinski definition) is 4. The highest BCUT2D eigenvalue weighted by molar-refractivity contribution is 6.23. The van der Waals surface area contributed by atoms with Crippen molar-refractivity contribution in [3.63, 3.8) is 0 Å². The second-order valence-corrected chi connectivity index (χ2v) is 6.24. The second kappa shape index (κ2) is 4.00. The minimum atomic E-state index is -0.167. The first-order chi connectivity index (χ1) is 10.7. The van der Waals surface area contributed by atoms with Crippen LogP contribution in [0.2, 0.25) is 0 Å². The average molecular weight is 291 g/mol. The standard InChI is InChI=1S/C17H13N3O2/c21-16-14-9-1-2-10(7-9)15(14)17(22)20(16)11-3-4-12-13(8-11)19-6-5-18-12/h1-6,8-10,14-15H,7H2/t9-,10-,14-,15-/m0/s1. The smallest absolute Gasteiger partial charge is 0.238 e. The third-order valence-electron chi connectivity index (χ3n) is 5.18. The predicted octanol–water partition coefficient (Wildman–Crippen LogP) is 1.94. The van der Waals surface area contributed by atoms with E-state index in [1.807, 2.05) is 0 Å². The Balaban J connectivity index is 1.60. The normalized spacial score (nSPS) is 32.3. The Labute approximate surface area is 126 Å². The number of carbonyl (C=O) groups excluding carboxylic acids is 2. The van der Waals surface area contributed by atoms with Crippen LogP contribution in [0.1, 0.15) is 6.42 Å². The highest BCUT2D eigenvalue weighted by Crippen LogP contribution is 2.53. The van der Waals surface area contributed by atoms with Gasteiger partial charge in [0.05, 0.1) is 28.6 Å². The fourth-order valence-corrected chi connectivity index (χ4v) is 4.25. The summed E-state index contributed by atoms with van der Waals surface area (Å²) in [4.78, 5) is 35.3. The molecule has 0 N–H and O–H groups in total. The number of imide groups is 1. The number of carbonyl (C=O) groups is 2. The van der Waals surface area contributed by atoms with Crippen LogP contribution in [0.15, 0.2) is 42.7 Å². The van der Waals surface area contributed by atoms with Crippen LogP contribution in [-0.2, 0) is 9.59 Å². The molecule has 2 amide bonds. The average Bonchev–Trinajstić information content (AvgIpc) is 3.21. The van der Waals surface area contributed by atoms with Crippen molar-refractivity contribution in [1.29, 1.82) is 0 Å². The first-order valence-corrected chi connectivity index (χ1v) is 7.51. The van der Waals surface area contributed by atoms with Crippen molar-refractivity contribution in [2.75, 3.05) is 4.90 Å². The Bertz CT molecular complexity index is 830. The zero-order chi connectivity index (χ0) is 14.8. The van der Waals surface area contributed by atoms with Gasteiger partial charge < -0.3 is 0 Å². The zero-order valence-corrected chi connectivity index (χ0v) is 11.7. The third kappa shape index (κ3) is 1.38. The fourth-order valence-electron chi connectivity index (χ4n) is 4.25. The molecule has 5 heteroatoms. The summed E-state index contributed by atoms with van der Waals surface area (Å²) < 4.78 is 0. The van der Waals surface area contributed by atoms with E-state index in [9.17, 15) is 9.59 Å². The van der Waals surface area contributed by atoms with E-state index in [4.69, 9.17) is 0 Å². The van der Waals surface area contributed by atoms with Crippen molar-refractivity contribution in [3.8, 4) is 0 Å². The van der Waals surface area contributed by atoms with Crippen LogP contribution < -0.4 is 4.90 Å². The first kappa shape index (κ1) is 12.0. The summed E-state index contributed by atoms with van der Waals surface area (Å²) >= 11 is 0. The minimum absolute atomic E-state index is 0.0601. The van der Waals surface area contributed by atoms with E-state index in [-0.39, 0.29) is 35.5 Å². The maximum Gasteiger partial charge on any atom is 0.238 e.